The third-order valence-electron chi connectivity index (χ3n) is 3.35. The van der Waals surface area contributed by atoms with Crippen LogP contribution in [0.1, 0.15) is 5.56 Å². The Morgan fingerprint density at radius 3 is 2.54 bits per heavy atom. The van der Waals surface area contributed by atoms with Crippen molar-refractivity contribution in [1.29, 1.82) is 0 Å². The van der Waals surface area contributed by atoms with Gasteiger partial charge in [-0.1, -0.05) is 29.3 Å². The number of ether oxygens (including phenoxy) is 1. The van der Waals surface area contributed by atoms with Crippen LogP contribution in [0.5, 0.6) is 11.5 Å². The van der Waals surface area contributed by atoms with Gasteiger partial charge in [0, 0.05) is 5.02 Å². The van der Waals surface area contributed by atoms with Crippen molar-refractivity contribution < 1.29 is 9.64 Å². The molecule has 0 aliphatic rings. The van der Waals surface area contributed by atoms with Gasteiger partial charge in [-0.2, -0.15) is 0 Å². The van der Waals surface area contributed by atoms with Gasteiger partial charge in [0.25, 0.3) is 0 Å². The summed E-state index contributed by atoms with van der Waals surface area (Å²) >= 11 is 11.4. The fourth-order valence-electron chi connectivity index (χ4n) is 2.01. The van der Waals surface area contributed by atoms with E-state index in [-0.39, 0.29) is 0 Å². The van der Waals surface area contributed by atoms with Crippen LogP contribution in [0.3, 0.4) is 0 Å². The molecule has 0 saturated heterocycles. The van der Waals surface area contributed by atoms with Gasteiger partial charge in [-0.15, -0.1) is 0 Å². The van der Waals surface area contributed by atoms with Crippen molar-refractivity contribution in [2.75, 3.05) is 32.5 Å². The first-order chi connectivity index (χ1) is 11.4. The number of thiocarbonyl (C=S) groups is 1. The molecule has 4 nitrogen and oxygen atoms in total. The second-order valence-electron chi connectivity index (χ2n) is 5.89. The lowest BCUT2D eigenvalue weighted by Crippen LogP contribution is -3.06. The van der Waals surface area contributed by atoms with Gasteiger partial charge in [-0.25, -0.2) is 0 Å². The summed E-state index contributed by atoms with van der Waals surface area (Å²) < 4.78 is 5.95. The first-order valence-corrected chi connectivity index (χ1v) is 8.60. The maximum Gasteiger partial charge on any atom is 0.171 e. The number of hydrogen-bond acceptors (Lipinski definition) is 2. The van der Waals surface area contributed by atoms with Crippen LogP contribution < -0.4 is 20.3 Å². The Morgan fingerprint density at radius 2 is 1.88 bits per heavy atom. The van der Waals surface area contributed by atoms with Crippen LogP contribution in [0.4, 0.5) is 5.69 Å². The van der Waals surface area contributed by atoms with Crippen LogP contribution in [0.25, 0.3) is 0 Å². The molecule has 6 heteroatoms. The van der Waals surface area contributed by atoms with Crippen LogP contribution in [0.15, 0.2) is 42.5 Å². The molecule has 24 heavy (non-hydrogen) atoms. The van der Waals surface area contributed by atoms with E-state index in [9.17, 15) is 0 Å². The van der Waals surface area contributed by atoms with E-state index in [1.54, 1.807) is 12.1 Å². The zero-order valence-corrected chi connectivity index (χ0v) is 15.7. The van der Waals surface area contributed by atoms with Gasteiger partial charge in [-0.3, -0.25) is 0 Å². The molecule has 0 bridgehead atoms. The molecule has 2 aromatic carbocycles. The Balaban J connectivity index is 2.06. The highest BCUT2D eigenvalue weighted by Gasteiger charge is 2.08. The zero-order chi connectivity index (χ0) is 17.5. The van der Waals surface area contributed by atoms with E-state index in [0.717, 1.165) is 24.5 Å². The molecule has 0 spiro atoms. The number of hydrogen-bond donors (Lipinski definition) is 3. The van der Waals surface area contributed by atoms with Gasteiger partial charge in [0.1, 0.15) is 5.75 Å². The second-order valence-corrected chi connectivity index (χ2v) is 6.74. The summed E-state index contributed by atoms with van der Waals surface area (Å²) in [6, 6.07) is 13.3. The minimum Gasteiger partial charge on any atom is -0.455 e. The predicted octanol–water partition coefficient (Wildman–Crippen LogP) is 2.87. The molecule has 2 aromatic rings. The van der Waals surface area contributed by atoms with Crippen molar-refractivity contribution in [3.8, 4) is 11.5 Å². The number of quaternary nitrogens is 1. The van der Waals surface area contributed by atoms with E-state index in [1.165, 1.54) is 10.5 Å². The summed E-state index contributed by atoms with van der Waals surface area (Å²) in [4.78, 5) is 1.36. The zero-order valence-electron chi connectivity index (χ0n) is 14.2. The lowest BCUT2D eigenvalue weighted by Gasteiger charge is -2.15. The number of rotatable bonds is 6. The summed E-state index contributed by atoms with van der Waals surface area (Å²) in [5.74, 6) is 1.44. The number of nitrogens with one attached hydrogen (secondary N) is 3. The highest BCUT2D eigenvalue weighted by atomic mass is 35.5. The number of likely N-dealkylation sites (N-methyl/N-ethyl adjacent to an activating group) is 1. The number of anilines is 1. The average molecular weight is 365 g/mol. The Kier molecular flexibility index (Phi) is 6.85. The van der Waals surface area contributed by atoms with Gasteiger partial charge in [0.05, 0.1) is 32.9 Å². The van der Waals surface area contributed by atoms with Crippen molar-refractivity contribution in [2.45, 2.75) is 6.92 Å². The maximum absolute atomic E-state index is 6.11. The fraction of sp³-hybridized carbons (Fsp3) is 0.278. The van der Waals surface area contributed by atoms with Crippen molar-refractivity contribution >= 4 is 34.6 Å². The molecule has 0 fully saturated rings. The van der Waals surface area contributed by atoms with Crippen LogP contribution in [-0.2, 0) is 0 Å². The molecule has 0 aliphatic heterocycles. The molecule has 0 atom stereocenters. The minimum atomic E-state index is 0.548. The highest BCUT2D eigenvalue weighted by Crippen LogP contribution is 2.32. The third kappa shape index (κ3) is 6.00. The smallest absolute Gasteiger partial charge is 0.171 e. The quantitative estimate of drug-likeness (QED) is 0.689. The highest BCUT2D eigenvalue weighted by molar-refractivity contribution is 7.80. The van der Waals surface area contributed by atoms with Gasteiger partial charge >= 0.3 is 0 Å². The Hall–Kier alpha value is -1.82. The molecular formula is C18H23ClN3OS+. The molecular weight excluding hydrogens is 342 g/mol. The van der Waals surface area contributed by atoms with Crippen LogP contribution >= 0.6 is 23.8 Å². The monoisotopic (exact) mass is 364 g/mol. The van der Waals surface area contributed by atoms with E-state index in [2.05, 4.69) is 24.7 Å². The molecule has 2 rings (SSSR count). The fourth-order valence-corrected chi connectivity index (χ4v) is 2.40. The van der Waals surface area contributed by atoms with E-state index in [4.69, 9.17) is 28.6 Å². The van der Waals surface area contributed by atoms with E-state index < -0.39 is 0 Å². The van der Waals surface area contributed by atoms with E-state index in [1.807, 2.05) is 37.3 Å². The van der Waals surface area contributed by atoms with Gasteiger partial charge in [0.2, 0.25) is 0 Å². The van der Waals surface area contributed by atoms with E-state index in [0.29, 0.717) is 15.9 Å². The van der Waals surface area contributed by atoms with Crippen LogP contribution in [0.2, 0.25) is 5.02 Å². The summed E-state index contributed by atoms with van der Waals surface area (Å²) in [5, 5.41) is 7.51. The Bertz CT molecular complexity index is 689. The lowest BCUT2D eigenvalue weighted by atomic mass is 10.2. The molecule has 0 aromatic heterocycles. The lowest BCUT2D eigenvalue weighted by molar-refractivity contribution is -0.856. The summed E-state index contributed by atoms with van der Waals surface area (Å²) in [6.45, 7) is 3.81. The summed E-state index contributed by atoms with van der Waals surface area (Å²) in [7, 11) is 4.20. The third-order valence-corrected chi connectivity index (χ3v) is 3.83. The maximum atomic E-state index is 6.11. The standard InChI is InChI=1S/C18H22ClN3OS/c1-13-4-7-15(8-5-13)23-17-9-6-14(19)12-16(17)21-18(24)20-10-11-22(2)3/h4-9,12H,10-11H2,1-3H3,(H2,20,21,24)/p+1. The predicted molar refractivity (Wildman–Crippen MR) is 105 cm³/mol. The van der Waals surface area contributed by atoms with Gasteiger partial charge in [0.15, 0.2) is 10.9 Å². The number of benzene rings is 2. The molecule has 128 valence electrons. The second kappa shape index (κ2) is 8.87. The first kappa shape index (κ1) is 18.5. The molecule has 0 amide bonds. The Labute approximate surface area is 153 Å². The average Bonchev–Trinajstić information content (AvgIpc) is 2.51. The van der Waals surface area contributed by atoms with Crippen molar-refractivity contribution in [2.24, 2.45) is 0 Å². The van der Waals surface area contributed by atoms with Crippen molar-refractivity contribution in [3.63, 3.8) is 0 Å². The number of halogens is 1. The largest absolute Gasteiger partial charge is 0.455 e. The SMILES string of the molecule is Cc1ccc(Oc2ccc(Cl)cc2NC(=S)NCC[NH+](C)C)cc1. The van der Waals surface area contributed by atoms with Crippen LogP contribution in [-0.4, -0.2) is 32.3 Å². The summed E-state index contributed by atoms with van der Waals surface area (Å²) in [5.41, 5.74) is 1.92. The normalized spacial score (nSPS) is 10.5. The van der Waals surface area contributed by atoms with Gasteiger partial charge < -0.3 is 20.3 Å². The molecule has 3 N–H and O–H groups in total. The van der Waals surface area contributed by atoms with Gasteiger partial charge in [-0.05, 0) is 49.5 Å². The minimum absolute atomic E-state index is 0.548. The van der Waals surface area contributed by atoms with Crippen molar-refractivity contribution in [1.82, 2.24) is 5.32 Å². The molecule has 0 unspecified atom stereocenters. The molecule has 0 heterocycles. The topological polar surface area (TPSA) is 37.7 Å². The molecule has 0 saturated carbocycles. The summed E-state index contributed by atoms with van der Waals surface area (Å²) in [6.07, 6.45) is 0. The molecule has 0 radical (unpaired) electrons. The van der Waals surface area contributed by atoms with E-state index >= 15 is 0 Å². The first-order valence-electron chi connectivity index (χ1n) is 7.82. The van der Waals surface area contributed by atoms with Crippen molar-refractivity contribution in [3.05, 3.63) is 53.1 Å². The van der Waals surface area contributed by atoms with Crippen LogP contribution in [0, 0.1) is 6.92 Å². The Morgan fingerprint density at radius 1 is 1.17 bits per heavy atom. The number of aryl methyl sites for hydroxylation is 1. The molecule has 0 aliphatic carbocycles.